The fourth-order valence-electron chi connectivity index (χ4n) is 2.32. The van der Waals surface area contributed by atoms with Crippen molar-refractivity contribution in [2.24, 2.45) is 0 Å². The number of aryl methyl sites for hydroxylation is 1. The lowest BCUT2D eigenvalue weighted by atomic mass is 10.2. The molecule has 27 heavy (non-hydrogen) atoms. The Morgan fingerprint density at radius 1 is 1.15 bits per heavy atom. The van der Waals surface area contributed by atoms with E-state index in [9.17, 15) is 18.0 Å². The Morgan fingerprint density at radius 3 is 2.30 bits per heavy atom. The molecule has 0 radical (unpaired) electrons. The summed E-state index contributed by atoms with van der Waals surface area (Å²) in [6.07, 6.45) is 1.04. The van der Waals surface area contributed by atoms with Crippen molar-refractivity contribution in [3.05, 3.63) is 58.1 Å². The van der Waals surface area contributed by atoms with Crippen molar-refractivity contribution in [2.75, 3.05) is 29.5 Å². The van der Waals surface area contributed by atoms with Crippen LogP contribution in [0.3, 0.4) is 0 Å². The number of methoxy groups -OCH3 is 1. The lowest BCUT2D eigenvalue weighted by molar-refractivity contribution is -0.114. The summed E-state index contributed by atoms with van der Waals surface area (Å²) in [5.74, 6) is -0.992. The molecule has 2 aromatic rings. The van der Waals surface area contributed by atoms with Crippen LogP contribution in [0.1, 0.15) is 15.9 Å². The highest BCUT2D eigenvalue weighted by atomic mass is 79.9. The molecule has 0 bridgehead atoms. The van der Waals surface area contributed by atoms with Crippen LogP contribution < -0.4 is 9.62 Å². The number of hydrogen-bond donors (Lipinski definition) is 1. The van der Waals surface area contributed by atoms with Crippen LogP contribution in [0.15, 0.2) is 46.9 Å². The summed E-state index contributed by atoms with van der Waals surface area (Å²) in [5, 5.41) is 2.62. The van der Waals surface area contributed by atoms with Gasteiger partial charge in [0.05, 0.1) is 24.6 Å². The number of nitrogens with zero attached hydrogens (tertiary/aromatic N) is 1. The van der Waals surface area contributed by atoms with E-state index in [4.69, 9.17) is 0 Å². The van der Waals surface area contributed by atoms with E-state index < -0.39 is 21.9 Å². The first kappa shape index (κ1) is 20.9. The SMILES string of the molecule is COC(=O)c1ccc(NC(=O)CN(c2ccc(Br)c(C)c2)S(C)(=O)=O)cc1. The second-order valence-corrected chi connectivity index (χ2v) is 8.58. The van der Waals surface area contributed by atoms with E-state index in [2.05, 4.69) is 26.0 Å². The van der Waals surface area contributed by atoms with E-state index in [0.717, 1.165) is 20.6 Å². The number of hydrogen-bond acceptors (Lipinski definition) is 5. The average molecular weight is 455 g/mol. The summed E-state index contributed by atoms with van der Waals surface area (Å²) in [6.45, 7) is 1.45. The van der Waals surface area contributed by atoms with Crippen LogP contribution in [0, 0.1) is 6.92 Å². The summed E-state index contributed by atoms with van der Waals surface area (Å²) in [4.78, 5) is 23.8. The molecule has 0 saturated heterocycles. The quantitative estimate of drug-likeness (QED) is 0.677. The maximum absolute atomic E-state index is 12.4. The summed E-state index contributed by atoms with van der Waals surface area (Å²) in [6, 6.07) is 11.1. The molecule has 0 unspecified atom stereocenters. The maximum Gasteiger partial charge on any atom is 0.337 e. The zero-order chi connectivity index (χ0) is 20.2. The van der Waals surface area contributed by atoms with Crippen molar-refractivity contribution < 1.29 is 22.7 Å². The molecule has 0 saturated carbocycles. The topological polar surface area (TPSA) is 92.8 Å². The summed E-state index contributed by atoms with van der Waals surface area (Å²) in [7, 11) is -2.38. The predicted octanol–water partition coefficient (Wildman–Crippen LogP) is 2.95. The van der Waals surface area contributed by atoms with Crippen molar-refractivity contribution in [1.82, 2.24) is 0 Å². The van der Waals surface area contributed by atoms with Crippen molar-refractivity contribution in [1.29, 1.82) is 0 Å². The largest absolute Gasteiger partial charge is 0.465 e. The van der Waals surface area contributed by atoms with Crippen molar-refractivity contribution >= 4 is 49.2 Å². The highest BCUT2D eigenvalue weighted by Crippen LogP contribution is 2.24. The van der Waals surface area contributed by atoms with E-state index in [0.29, 0.717) is 16.9 Å². The van der Waals surface area contributed by atoms with Crippen LogP contribution in [0.2, 0.25) is 0 Å². The van der Waals surface area contributed by atoms with Gasteiger partial charge in [-0.05, 0) is 55.0 Å². The van der Waals surface area contributed by atoms with Crippen LogP contribution in [0.25, 0.3) is 0 Å². The van der Waals surface area contributed by atoms with Gasteiger partial charge in [0.15, 0.2) is 0 Å². The number of rotatable bonds is 6. The Balaban J connectivity index is 2.17. The average Bonchev–Trinajstić information content (AvgIpc) is 2.61. The normalized spacial score (nSPS) is 11.0. The number of amides is 1. The Morgan fingerprint density at radius 2 is 1.78 bits per heavy atom. The van der Waals surface area contributed by atoms with Crippen LogP contribution in [0.5, 0.6) is 0 Å². The molecule has 2 rings (SSSR count). The number of anilines is 2. The zero-order valence-electron chi connectivity index (χ0n) is 15.0. The molecule has 1 N–H and O–H groups in total. The van der Waals surface area contributed by atoms with E-state index in [1.165, 1.54) is 19.2 Å². The second kappa shape index (κ2) is 8.53. The monoisotopic (exact) mass is 454 g/mol. The molecule has 7 nitrogen and oxygen atoms in total. The van der Waals surface area contributed by atoms with E-state index in [1.807, 2.05) is 6.92 Å². The number of ether oxygens (including phenoxy) is 1. The number of carbonyl (C=O) groups is 2. The van der Waals surface area contributed by atoms with Gasteiger partial charge in [-0.25, -0.2) is 13.2 Å². The van der Waals surface area contributed by atoms with Gasteiger partial charge in [0.2, 0.25) is 15.9 Å². The summed E-state index contributed by atoms with van der Waals surface area (Å²) < 4.78 is 30.8. The molecule has 0 spiro atoms. The third-order valence-electron chi connectivity index (χ3n) is 3.71. The summed E-state index contributed by atoms with van der Waals surface area (Å²) in [5.41, 5.74) is 2.03. The zero-order valence-corrected chi connectivity index (χ0v) is 17.4. The number of esters is 1. The van der Waals surface area contributed by atoms with E-state index in [1.54, 1.807) is 30.3 Å². The minimum atomic E-state index is -3.66. The minimum Gasteiger partial charge on any atom is -0.465 e. The Bertz CT molecular complexity index is 958. The molecule has 0 atom stereocenters. The third kappa shape index (κ3) is 5.54. The second-order valence-electron chi connectivity index (χ2n) is 5.82. The standard InChI is InChI=1S/C18H19BrN2O5S/c1-12-10-15(8-9-16(12)19)21(27(3,24)25)11-17(22)20-14-6-4-13(5-7-14)18(23)26-2/h4-10H,11H2,1-3H3,(H,20,22). The van der Waals surface area contributed by atoms with Crippen molar-refractivity contribution in [3.63, 3.8) is 0 Å². The molecule has 0 heterocycles. The number of halogens is 1. The van der Waals surface area contributed by atoms with Gasteiger partial charge < -0.3 is 10.1 Å². The van der Waals surface area contributed by atoms with E-state index >= 15 is 0 Å². The molecule has 9 heteroatoms. The lowest BCUT2D eigenvalue weighted by Gasteiger charge is -2.22. The molecule has 0 fully saturated rings. The summed E-state index contributed by atoms with van der Waals surface area (Å²) >= 11 is 3.36. The lowest BCUT2D eigenvalue weighted by Crippen LogP contribution is -2.37. The van der Waals surface area contributed by atoms with Gasteiger partial charge in [-0.15, -0.1) is 0 Å². The molecule has 0 aliphatic heterocycles. The third-order valence-corrected chi connectivity index (χ3v) is 5.74. The van der Waals surface area contributed by atoms with Gasteiger partial charge in [-0.2, -0.15) is 0 Å². The highest BCUT2D eigenvalue weighted by Gasteiger charge is 2.21. The van der Waals surface area contributed by atoms with Gasteiger partial charge >= 0.3 is 5.97 Å². The Kier molecular flexibility index (Phi) is 6.61. The molecule has 0 aromatic heterocycles. The van der Waals surface area contributed by atoms with E-state index in [-0.39, 0.29) is 6.54 Å². The first-order valence-electron chi connectivity index (χ1n) is 7.84. The Labute approximate surface area is 166 Å². The fraction of sp³-hybridized carbons (Fsp3) is 0.222. The number of nitrogens with one attached hydrogen (secondary N) is 1. The molecular formula is C18H19BrN2O5S. The van der Waals surface area contributed by atoms with Gasteiger partial charge in [0.25, 0.3) is 0 Å². The molecule has 0 aliphatic carbocycles. The fourth-order valence-corrected chi connectivity index (χ4v) is 3.42. The van der Waals surface area contributed by atoms with Crippen LogP contribution in [0.4, 0.5) is 11.4 Å². The van der Waals surface area contributed by atoms with Gasteiger partial charge in [-0.3, -0.25) is 9.10 Å². The van der Waals surface area contributed by atoms with Crippen molar-refractivity contribution in [3.8, 4) is 0 Å². The maximum atomic E-state index is 12.4. The number of sulfonamides is 1. The smallest absolute Gasteiger partial charge is 0.337 e. The predicted molar refractivity (Wildman–Crippen MR) is 107 cm³/mol. The van der Waals surface area contributed by atoms with Crippen molar-refractivity contribution in [2.45, 2.75) is 6.92 Å². The molecular weight excluding hydrogens is 436 g/mol. The highest BCUT2D eigenvalue weighted by molar-refractivity contribution is 9.10. The molecule has 144 valence electrons. The van der Waals surface area contributed by atoms with Crippen LogP contribution in [-0.4, -0.2) is 40.2 Å². The van der Waals surface area contributed by atoms with Gasteiger partial charge in [0, 0.05) is 10.2 Å². The Hall–Kier alpha value is -2.39. The molecule has 2 aromatic carbocycles. The van der Waals surface area contributed by atoms with Gasteiger partial charge in [0.1, 0.15) is 6.54 Å². The van der Waals surface area contributed by atoms with Gasteiger partial charge in [-0.1, -0.05) is 15.9 Å². The molecule has 1 amide bonds. The van der Waals surface area contributed by atoms with Crippen LogP contribution >= 0.6 is 15.9 Å². The molecule has 0 aliphatic rings. The number of benzene rings is 2. The first-order chi connectivity index (χ1) is 12.6. The first-order valence-corrected chi connectivity index (χ1v) is 10.5. The number of carbonyl (C=O) groups excluding carboxylic acids is 2. The van der Waals surface area contributed by atoms with Crippen LogP contribution in [-0.2, 0) is 19.6 Å². The minimum absolute atomic E-state index is 0.346.